The first-order chi connectivity index (χ1) is 7.29. The van der Waals surface area contributed by atoms with Gasteiger partial charge in [-0.1, -0.05) is 37.3 Å². The minimum atomic E-state index is 0.0683. The molecule has 0 spiro atoms. The highest BCUT2D eigenvalue weighted by Gasteiger charge is 2.28. The highest BCUT2D eigenvalue weighted by atomic mass is 35.5. The molecule has 0 aliphatic rings. The first kappa shape index (κ1) is 12.5. The van der Waals surface area contributed by atoms with Crippen molar-refractivity contribution in [2.24, 2.45) is 0 Å². The van der Waals surface area contributed by atoms with Crippen molar-refractivity contribution < 1.29 is 4.74 Å². The van der Waals surface area contributed by atoms with E-state index in [9.17, 15) is 0 Å². The summed E-state index contributed by atoms with van der Waals surface area (Å²) in [4.78, 5) is 0. The van der Waals surface area contributed by atoms with Gasteiger partial charge in [-0.05, 0) is 18.4 Å². The number of ether oxygens (including phenoxy) is 1. The number of hydrogen-bond acceptors (Lipinski definition) is 1. The van der Waals surface area contributed by atoms with Crippen LogP contribution in [0.15, 0.2) is 30.3 Å². The molecule has 1 nitrogen and oxygen atoms in total. The average molecular weight is 227 g/mol. The monoisotopic (exact) mass is 226 g/mol. The number of methoxy groups -OCH3 is 1. The highest BCUT2D eigenvalue weighted by Crippen LogP contribution is 2.32. The van der Waals surface area contributed by atoms with E-state index >= 15 is 0 Å². The second-order valence-electron chi connectivity index (χ2n) is 3.88. The zero-order valence-electron chi connectivity index (χ0n) is 9.50. The molecule has 0 radical (unpaired) electrons. The van der Waals surface area contributed by atoms with Gasteiger partial charge in [0.1, 0.15) is 0 Å². The van der Waals surface area contributed by atoms with Crippen molar-refractivity contribution in [2.45, 2.75) is 25.2 Å². The van der Waals surface area contributed by atoms with Gasteiger partial charge in [-0.25, -0.2) is 0 Å². The third-order valence-corrected chi connectivity index (χ3v) is 3.62. The minimum absolute atomic E-state index is 0.0683. The molecule has 0 aromatic heterocycles. The van der Waals surface area contributed by atoms with Crippen LogP contribution in [0.5, 0.6) is 0 Å². The summed E-state index contributed by atoms with van der Waals surface area (Å²) in [6.07, 6.45) is 2.03. The highest BCUT2D eigenvalue weighted by molar-refractivity contribution is 6.18. The Labute approximate surface area is 97.4 Å². The molecule has 1 aromatic rings. The van der Waals surface area contributed by atoms with Gasteiger partial charge in [0.15, 0.2) is 0 Å². The van der Waals surface area contributed by atoms with Crippen molar-refractivity contribution in [1.29, 1.82) is 0 Å². The van der Waals surface area contributed by atoms with E-state index in [-0.39, 0.29) is 5.41 Å². The Morgan fingerprint density at radius 2 is 1.93 bits per heavy atom. The van der Waals surface area contributed by atoms with Gasteiger partial charge < -0.3 is 4.74 Å². The molecule has 0 aliphatic carbocycles. The zero-order chi connectivity index (χ0) is 11.1. The van der Waals surface area contributed by atoms with Crippen molar-refractivity contribution >= 4 is 11.6 Å². The van der Waals surface area contributed by atoms with Gasteiger partial charge in [0, 0.05) is 25.0 Å². The Bertz CT molecular complexity index is 267. The van der Waals surface area contributed by atoms with Crippen LogP contribution in [0.25, 0.3) is 0 Å². The SMILES string of the molecule is CCC(CCl)(CCOC)c1ccccc1. The van der Waals surface area contributed by atoms with E-state index in [1.165, 1.54) is 5.56 Å². The van der Waals surface area contributed by atoms with Crippen LogP contribution >= 0.6 is 11.6 Å². The Kier molecular flexibility index (Phi) is 5.13. The maximum Gasteiger partial charge on any atom is 0.0471 e. The summed E-state index contributed by atoms with van der Waals surface area (Å²) in [6, 6.07) is 10.5. The molecular formula is C13H19ClO. The Hall–Kier alpha value is -0.530. The van der Waals surface area contributed by atoms with Crippen LogP contribution in [0.3, 0.4) is 0 Å². The van der Waals surface area contributed by atoms with E-state index in [1.54, 1.807) is 7.11 Å². The topological polar surface area (TPSA) is 9.23 Å². The molecule has 0 saturated heterocycles. The molecule has 0 bridgehead atoms. The van der Waals surface area contributed by atoms with Gasteiger partial charge in [0.2, 0.25) is 0 Å². The minimum Gasteiger partial charge on any atom is -0.385 e. The largest absolute Gasteiger partial charge is 0.385 e. The van der Waals surface area contributed by atoms with Crippen LogP contribution in [0, 0.1) is 0 Å². The van der Waals surface area contributed by atoms with E-state index in [1.807, 2.05) is 6.07 Å². The van der Waals surface area contributed by atoms with Crippen molar-refractivity contribution in [1.82, 2.24) is 0 Å². The molecule has 2 heteroatoms. The maximum atomic E-state index is 6.14. The summed E-state index contributed by atoms with van der Waals surface area (Å²) in [5, 5.41) is 0. The molecule has 0 fully saturated rings. The molecule has 1 unspecified atom stereocenters. The summed E-state index contributed by atoms with van der Waals surface area (Å²) < 4.78 is 5.16. The third kappa shape index (κ3) is 2.96. The Morgan fingerprint density at radius 3 is 2.40 bits per heavy atom. The fourth-order valence-corrected chi connectivity index (χ4v) is 2.33. The predicted molar refractivity (Wildman–Crippen MR) is 65.6 cm³/mol. The van der Waals surface area contributed by atoms with Gasteiger partial charge >= 0.3 is 0 Å². The van der Waals surface area contributed by atoms with Crippen LogP contribution in [-0.4, -0.2) is 19.6 Å². The molecule has 15 heavy (non-hydrogen) atoms. The normalized spacial score (nSPS) is 14.9. The van der Waals surface area contributed by atoms with Crippen molar-refractivity contribution in [3.63, 3.8) is 0 Å². The smallest absolute Gasteiger partial charge is 0.0471 e. The second kappa shape index (κ2) is 6.14. The van der Waals surface area contributed by atoms with Gasteiger partial charge in [-0.2, -0.15) is 0 Å². The second-order valence-corrected chi connectivity index (χ2v) is 4.14. The number of halogens is 1. The number of benzene rings is 1. The number of alkyl halides is 1. The molecule has 1 atom stereocenters. The summed E-state index contributed by atoms with van der Waals surface area (Å²) in [6.45, 7) is 2.94. The molecule has 0 N–H and O–H groups in total. The van der Waals surface area contributed by atoms with Gasteiger partial charge in [-0.15, -0.1) is 11.6 Å². The predicted octanol–water partition coefficient (Wildman–Crippen LogP) is 3.61. The summed E-state index contributed by atoms with van der Waals surface area (Å²) in [5.74, 6) is 0.650. The van der Waals surface area contributed by atoms with Crippen molar-refractivity contribution in [2.75, 3.05) is 19.6 Å². The van der Waals surface area contributed by atoms with E-state index in [2.05, 4.69) is 31.2 Å². The molecule has 84 valence electrons. The van der Waals surface area contributed by atoms with Crippen LogP contribution < -0.4 is 0 Å². The Morgan fingerprint density at radius 1 is 1.27 bits per heavy atom. The summed E-state index contributed by atoms with van der Waals surface area (Å²) in [5.41, 5.74) is 1.39. The lowest BCUT2D eigenvalue weighted by Crippen LogP contribution is -2.29. The fourth-order valence-electron chi connectivity index (χ4n) is 1.85. The number of rotatable bonds is 6. The molecule has 0 saturated carbocycles. The van der Waals surface area contributed by atoms with Gasteiger partial charge in [0.05, 0.1) is 0 Å². The van der Waals surface area contributed by atoms with Gasteiger partial charge in [-0.3, -0.25) is 0 Å². The Balaban J connectivity index is 2.89. The summed E-state index contributed by atoms with van der Waals surface area (Å²) in [7, 11) is 1.74. The van der Waals surface area contributed by atoms with Crippen molar-refractivity contribution in [3.05, 3.63) is 35.9 Å². The van der Waals surface area contributed by atoms with Crippen LogP contribution in [0.1, 0.15) is 25.3 Å². The van der Waals surface area contributed by atoms with Crippen LogP contribution in [0.4, 0.5) is 0 Å². The lowest BCUT2D eigenvalue weighted by atomic mass is 9.77. The van der Waals surface area contributed by atoms with Gasteiger partial charge in [0.25, 0.3) is 0 Å². The molecule has 0 heterocycles. The molecule has 1 rings (SSSR count). The molecule has 0 aliphatic heterocycles. The zero-order valence-corrected chi connectivity index (χ0v) is 10.3. The quantitative estimate of drug-likeness (QED) is 0.674. The number of hydrogen-bond donors (Lipinski definition) is 0. The molecule has 1 aromatic carbocycles. The summed E-state index contributed by atoms with van der Waals surface area (Å²) >= 11 is 6.14. The maximum absolute atomic E-state index is 6.14. The lowest BCUT2D eigenvalue weighted by Gasteiger charge is -2.31. The van der Waals surface area contributed by atoms with E-state index < -0.39 is 0 Å². The standard InChI is InChI=1S/C13H19ClO/c1-3-13(11-14,9-10-15-2)12-7-5-4-6-8-12/h4-8H,3,9-11H2,1-2H3. The first-order valence-corrected chi connectivity index (χ1v) is 5.93. The average Bonchev–Trinajstić information content (AvgIpc) is 2.33. The van der Waals surface area contributed by atoms with E-state index in [0.717, 1.165) is 19.4 Å². The van der Waals surface area contributed by atoms with Crippen LogP contribution in [-0.2, 0) is 10.2 Å². The third-order valence-electron chi connectivity index (χ3n) is 3.10. The van der Waals surface area contributed by atoms with E-state index in [4.69, 9.17) is 16.3 Å². The molecular weight excluding hydrogens is 208 g/mol. The lowest BCUT2D eigenvalue weighted by molar-refractivity contribution is 0.170. The fraction of sp³-hybridized carbons (Fsp3) is 0.538. The first-order valence-electron chi connectivity index (χ1n) is 5.39. The molecule has 0 amide bonds. The van der Waals surface area contributed by atoms with Crippen LogP contribution in [0.2, 0.25) is 0 Å². The van der Waals surface area contributed by atoms with Crippen molar-refractivity contribution in [3.8, 4) is 0 Å². The van der Waals surface area contributed by atoms with E-state index in [0.29, 0.717) is 5.88 Å².